The Hall–Kier alpha value is -4.19. The Morgan fingerprint density at radius 1 is 1.03 bits per heavy atom. The maximum Gasteiger partial charge on any atom is 0.320 e. The third-order valence-electron chi connectivity index (χ3n) is 6.33. The van der Waals surface area contributed by atoms with E-state index in [0.29, 0.717) is 23.4 Å². The number of hydrogen-bond acceptors (Lipinski definition) is 8. The number of amides is 3. The van der Waals surface area contributed by atoms with E-state index >= 15 is 0 Å². The van der Waals surface area contributed by atoms with Crippen molar-refractivity contribution in [1.29, 1.82) is 0 Å². The average Bonchev–Trinajstić information content (AvgIpc) is 3.37. The van der Waals surface area contributed by atoms with Gasteiger partial charge < -0.3 is 10.4 Å². The minimum Gasteiger partial charge on any atom is -0.480 e. The van der Waals surface area contributed by atoms with Crippen molar-refractivity contribution in [2.24, 2.45) is 13.0 Å². The smallest absolute Gasteiger partial charge is 0.320 e. The number of tetrazole rings is 1. The molecule has 2 atom stereocenters. The van der Waals surface area contributed by atoms with Crippen LogP contribution in [0.3, 0.4) is 0 Å². The van der Waals surface area contributed by atoms with Crippen LogP contribution >= 0.6 is 0 Å². The molecule has 0 saturated heterocycles. The third kappa shape index (κ3) is 5.64. The third-order valence-corrected chi connectivity index (χ3v) is 6.33. The summed E-state index contributed by atoms with van der Waals surface area (Å²) < 4.78 is 1.43. The standard InChI is InChI=1S/C25H29N7O5/c1-14(2)10-20(22(33)26-13-21-28-29-30-31(21)3)27-19(25(36)37)8-9-32-23(34)17-11-15-6-4-5-7-16(15)12-18(17)24(32)35/h4-7,11-12,14,19-20,27H,8-10,13H2,1-3H3,(H,26,33)(H,36,37)/t19-,20+/m1/s1. The summed E-state index contributed by atoms with van der Waals surface area (Å²) in [6.45, 7) is 3.83. The molecule has 2 heterocycles. The van der Waals surface area contributed by atoms with Crippen molar-refractivity contribution in [2.75, 3.05) is 6.54 Å². The summed E-state index contributed by atoms with van der Waals surface area (Å²) in [5.74, 6) is -1.94. The zero-order valence-electron chi connectivity index (χ0n) is 20.8. The maximum absolute atomic E-state index is 13.0. The van der Waals surface area contributed by atoms with Crippen LogP contribution in [0.4, 0.5) is 0 Å². The number of fused-ring (bicyclic) bond motifs is 2. The van der Waals surface area contributed by atoms with Crippen molar-refractivity contribution in [2.45, 2.75) is 45.3 Å². The van der Waals surface area contributed by atoms with Crippen LogP contribution in [0, 0.1) is 5.92 Å². The highest BCUT2D eigenvalue weighted by Crippen LogP contribution is 2.28. The van der Waals surface area contributed by atoms with Crippen LogP contribution in [0.15, 0.2) is 36.4 Å². The predicted octanol–water partition coefficient (Wildman–Crippen LogP) is 1.12. The molecule has 0 bridgehead atoms. The Morgan fingerprint density at radius 2 is 1.65 bits per heavy atom. The molecule has 1 aromatic heterocycles. The maximum atomic E-state index is 13.0. The fraction of sp³-hybridized carbons (Fsp3) is 0.400. The highest BCUT2D eigenvalue weighted by Gasteiger charge is 2.37. The van der Waals surface area contributed by atoms with Crippen molar-refractivity contribution in [3.8, 4) is 0 Å². The molecule has 1 aliphatic heterocycles. The number of rotatable bonds is 11. The largest absolute Gasteiger partial charge is 0.480 e. The van der Waals surface area contributed by atoms with Crippen molar-refractivity contribution < 1.29 is 24.3 Å². The second-order valence-corrected chi connectivity index (χ2v) is 9.47. The molecule has 2 aromatic carbocycles. The number of carbonyl (C=O) groups excluding carboxylic acids is 3. The van der Waals surface area contributed by atoms with E-state index in [1.54, 1.807) is 19.2 Å². The van der Waals surface area contributed by atoms with Gasteiger partial charge in [-0.2, -0.15) is 0 Å². The lowest BCUT2D eigenvalue weighted by Crippen LogP contribution is -2.52. The zero-order valence-corrected chi connectivity index (χ0v) is 20.8. The Kier molecular flexibility index (Phi) is 7.58. The van der Waals surface area contributed by atoms with Gasteiger partial charge in [0.05, 0.1) is 23.7 Å². The lowest BCUT2D eigenvalue weighted by atomic mass is 10.0. The molecular formula is C25H29N7O5. The SMILES string of the molecule is CC(C)C[C@H](N[C@H](CCN1C(=O)c2cc3ccccc3cc2C1=O)C(=O)O)C(=O)NCc1nnnn1C. The van der Waals surface area contributed by atoms with Gasteiger partial charge in [0.2, 0.25) is 5.91 Å². The number of hydrogen-bond donors (Lipinski definition) is 3. The summed E-state index contributed by atoms with van der Waals surface area (Å²) in [7, 11) is 1.65. The van der Waals surface area contributed by atoms with Gasteiger partial charge in [0.25, 0.3) is 11.8 Å². The summed E-state index contributed by atoms with van der Waals surface area (Å²) >= 11 is 0. The Balaban J connectivity index is 1.44. The lowest BCUT2D eigenvalue weighted by molar-refractivity contribution is -0.140. The number of benzene rings is 2. The Morgan fingerprint density at radius 3 is 2.16 bits per heavy atom. The molecule has 0 unspecified atom stereocenters. The molecule has 0 aliphatic carbocycles. The molecule has 0 fully saturated rings. The highest BCUT2D eigenvalue weighted by molar-refractivity contribution is 6.23. The topological polar surface area (TPSA) is 159 Å². The number of carbonyl (C=O) groups is 4. The van der Waals surface area contributed by atoms with Crippen molar-refractivity contribution in [1.82, 2.24) is 35.7 Å². The van der Waals surface area contributed by atoms with Crippen molar-refractivity contribution in [3.05, 3.63) is 53.3 Å². The second kappa shape index (κ2) is 10.8. The minimum atomic E-state index is -1.18. The molecule has 1 aliphatic rings. The zero-order chi connectivity index (χ0) is 26.7. The van der Waals surface area contributed by atoms with Gasteiger partial charge in [-0.3, -0.25) is 29.4 Å². The molecule has 194 valence electrons. The monoisotopic (exact) mass is 507 g/mol. The number of aliphatic carboxylic acids is 1. The normalized spacial score (nSPS) is 14.8. The van der Waals surface area contributed by atoms with Crippen LogP contribution < -0.4 is 10.6 Å². The van der Waals surface area contributed by atoms with Gasteiger partial charge in [-0.05, 0) is 52.1 Å². The number of aryl methyl sites for hydroxylation is 1. The van der Waals surface area contributed by atoms with Gasteiger partial charge >= 0.3 is 5.97 Å². The molecular weight excluding hydrogens is 478 g/mol. The summed E-state index contributed by atoms with van der Waals surface area (Å²) in [4.78, 5) is 52.0. The van der Waals surface area contributed by atoms with Crippen molar-refractivity contribution in [3.63, 3.8) is 0 Å². The van der Waals surface area contributed by atoms with E-state index in [1.165, 1.54) is 4.68 Å². The minimum absolute atomic E-state index is 0.0601. The highest BCUT2D eigenvalue weighted by atomic mass is 16.4. The summed E-state index contributed by atoms with van der Waals surface area (Å²) in [5.41, 5.74) is 0.609. The van der Waals surface area contributed by atoms with Gasteiger partial charge in [0.15, 0.2) is 5.82 Å². The van der Waals surface area contributed by atoms with E-state index in [1.807, 2.05) is 38.1 Å². The Labute approximate surface area is 213 Å². The van der Waals surface area contributed by atoms with E-state index in [-0.39, 0.29) is 25.4 Å². The number of nitrogens with one attached hydrogen (secondary N) is 2. The lowest BCUT2D eigenvalue weighted by Gasteiger charge is -2.25. The Bertz CT molecular complexity index is 1300. The van der Waals surface area contributed by atoms with Gasteiger partial charge in [-0.25, -0.2) is 4.68 Å². The first-order valence-electron chi connectivity index (χ1n) is 12.0. The van der Waals surface area contributed by atoms with Crippen LogP contribution in [-0.4, -0.2) is 72.5 Å². The number of aromatic nitrogens is 4. The molecule has 3 N–H and O–H groups in total. The summed E-state index contributed by atoms with van der Waals surface area (Å²) in [5, 5.41) is 28.2. The van der Waals surface area contributed by atoms with Crippen LogP contribution in [0.2, 0.25) is 0 Å². The van der Waals surface area contributed by atoms with E-state index in [4.69, 9.17) is 0 Å². The van der Waals surface area contributed by atoms with Crippen LogP contribution in [0.1, 0.15) is 53.2 Å². The number of nitrogens with zero attached hydrogens (tertiary/aromatic N) is 5. The van der Waals surface area contributed by atoms with Gasteiger partial charge in [0, 0.05) is 13.6 Å². The van der Waals surface area contributed by atoms with Crippen LogP contribution in [-0.2, 0) is 23.2 Å². The van der Waals surface area contributed by atoms with E-state index in [0.717, 1.165) is 15.7 Å². The molecule has 3 aromatic rings. The van der Waals surface area contributed by atoms with Crippen LogP contribution in [0.25, 0.3) is 10.8 Å². The molecule has 3 amide bonds. The number of carboxylic acid groups (broad SMARTS) is 1. The quantitative estimate of drug-likeness (QED) is 0.323. The fourth-order valence-electron chi connectivity index (χ4n) is 4.37. The molecule has 37 heavy (non-hydrogen) atoms. The first-order chi connectivity index (χ1) is 17.7. The summed E-state index contributed by atoms with van der Waals surface area (Å²) in [6.07, 6.45) is 0.321. The number of carboxylic acids is 1. The number of imide groups is 1. The molecule has 0 spiro atoms. The fourth-order valence-corrected chi connectivity index (χ4v) is 4.37. The first-order valence-corrected chi connectivity index (χ1v) is 12.0. The second-order valence-electron chi connectivity index (χ2n) is 9.47. The molecule has 12 heteroatoms. The van der Waals surface area contributed by atoms with Gasteiger partial charge in [0.1, 0.15) is 6.04 Å². The molecule has 12 nitrogen and oxygen atoms in total. The van der Waals surface area contributed by atoms with Crippen molar-refractivity contribution >= 4 is 34.5 Å². The summed E-state index contributed by atoms with van der Waals surface area (Å²) in [6, 6.07) is 8.84. The van der Waals surface area contributed by atoms with E-state index in [2.05, 4.69) is 26.2 Å². The molecule has 0 radical (unpaired) electrons. The van der Waals surface area contributed by atoms with E-state index in [9.17, 15) is 24.3 Å². The van der Waals surface area contributed by atoms with E-state index < -0.39 is 35.8 Å². The molecule has 4 rings (SSSR count). The average molecular weight is 508 g/mol. The van der Waals surface area contributed by atoms with Gasteiger partial charge in [-0.1, -0.05) is 38.1 Å². The predicted molar refractivity (Wildman–Crippen MR) is 132 cm³/mol. The molecule has 0 saturated carbocycles. The van der Waals surface area contributed by atoms with Gasteiger partial charge in [-0.15, -0.1) is 5.10 Å². The first kappa shape index (κ1) is 25.9. The van der Waals surface area contributed by atoms with Crippen LogP contribution in [0.5, 0.6) is 0 Å².